The molecule has 4 nitrogen and oxygen atoms in total. The van der Waals surface area contributed by atoms with Crippen molar-refractivity contribution in [2.45, 2.75) is 0 Å². The summed E-state index contributed by atoms with van der Waals surface area (Å²) in [7, 11) is 0. The van der Waals surface area contributed by atoms with Gasteiger partial charge in [0.1, 0.15) is 11.2 Å². The van der Waals surface area contributed by atoms with Gasteiger partial charge in [0.2, 0.25) is 0 Å². The summed E-state index contributed by atoms with van der Waals surface area (Å²) in [5, 5.41) is 7.84. The highest BCUT2D eigenvalue weighted by atomic mass is 16.5. The first-order chi connectivity index (χ1) is 25.3. The van der Waals surface area contributed by atoms with Crippen LogP contribution in [0, 0.1) is 0 Å². The maximum atomic E-state index is 7.01. The predicted octanol–water partition coefficient (Wildman–Crippen LogP) is 13.4. The first-order valence-corrected chi connectivity index (χ1v) is 17.2. The Morgan fingerprint density at radius 3 is 1.92 bits per heavy atom. The van der Waals surface area contributed by atoms with E-state index >= 15 is 0 Å². The Hall–Kier alpha value is -6.91. The number of hydrogen-bond acceptors (Lipinski definition) is 4. The van der Waals surface area contributed by atoms with E-state index in [1.54, 1.807) is 0 Å². The number of benzene rings is 8. The van der Waals surface area contributed by atoms with Gasteiger partial charge in [-0.2, -0.15) is 0 Å². The van der Waals surface area contributed by atoms with E-state index in [9.17, 15) is 0 Å². The third-order valence-electron chi connectivity index (χ3n) is 10.2. The quantitative estimate of drug-likeness (QED) is 0.178. The van der Waals surface area contributed by atoms with E-state index in [2.05, 4.69) is 138 Å². The van der Waals surface area contributed by atoms with Crippen molar-refractivity contribution in [3.63, 3.8) is 0 Å². The van der Waals surface area contributed by atoms with Crippen LogP contribution < -0.4 is 9.64 Å². The fourth-order valence-electron chi connectivity index (χ4n) is 7.85. The highest BCUT2D eigenvalue weighted by molar-refractivity contribution is 6.25. The van der Waals surface area contributed by atoms with Gasteiger partial charge in [-0.25, -0.2) is 4.98 Å². The number of nitrogens with zero attached hydrogens (tertiary/aromatic N) is 2. The van der Waals surface area contributed by atoms with Crippen molar-refractivity contribution in [1.82, 2.24) is 4.98 Å². The molecule has 0 N–H and O–H groups in total. The average molecular weight is 653 g/mol. The van der Waals surface area contributed by atoms with E-state index in [1.807, 2.05) is 36.4 Å². The molecule has 0 saturated carbocycles. The molecule has 0 amide bonds. The summed E-state index contributed by atoms with van der Waals surface area (Å²) in [5.41, 5.74) is 9.99. The maximum Gasteiger partial charge on any atom is 0.151 e. The van der Waals surface area contributed by atoms with E-state index in [0.717, 1.165) is 94.6 Å². The first kappa shape index (κ1) is 28.0. The summed E-state index contributed by atoms with van der Waals surface area (Å²) in [6, 6.07) is 59.4. The molecular weight excluding hydrogens is 625 g/mol. The molecule has 2 aromatic heterocycles. The number of fused-ring (bicyclic) bond motifs is 10. The maximum absolute atomic E-state index is 7.01. The Balaban J connectivity index is 1.09. The van der Waals surface area contributed by atoms with Gasteiger partial charge in [0.25, 0.3) is 0 Å². The number of aromatic nitrogens is 1. The minimum absolute atomic E-state index is 0.839. The molecule has 1 aliphatic heterocycles. The Bertz CT molecular complexity index is 2970. The van der Waals surface area contributed by atoms with Crippen molar-refractivity contribution >= 4 is 71.4 Å². The predicted molar refractivity (Wildman–Crippen MR) is 210 cm³/mol. The molecule has 0 spiro atoms. The molecular formula is C47H28N2O2. The van der Waals surface area contributed by atoms with Crippen LogP contribution in [-0.4, -0.2) is 4.98 Å². The van der Waals surface area contributed by atoms with Gasteiger partial charge in [-0.15, -0.1) is 0 Å². The van der Waals surface area contributed by atoms with E-state index in [0.29, 0.717) is 0 Å². The molecule has 0 bridgehead atoms. The normalized spacial score (nSPS) is 12.4. The molecule has 3 heterocycles. The standard InChI is InChI=1S/C47H28N2O2/c1-2-11-31-28-32(21-20-29(31)10-1)45-38-27-26-36-35-14-9-13-34(46(35)51-47(36)44(38)37-12-3-4-15-39(37)48-45)30-22-24-33(25-23-30)49-40-16-5-7-18-42(40)50-43-19-8-6-17-41(43)49/h1-28H. The van der Waals surface area contributed by atoms with Crippen LogP contribution in [0.1, 0.15) is 0 Å². The molecule has 0 aliphatic carbocycles. The van der Waals surface area contributed by atoms with Crippen molar-refractivity contribution in [3.05, 3.63) is 170 Å². The van der Waals surface area contributed by atoms with Crippen molar-refractivity contribution in [2.75, 3.05) is 4.90 Å². The summed E-state index contributed by atoms with van der Waals surface area (Å²) < 4.78 is 13.3. The van der Waals surface area contributed by atoms with Crippen LogP contribution in [0.2, 0.25) is 0 Å². The zero-order valence-corrected chi connectivity index (χ0v) is 27.4. The fourth-order valence-corrected chi connectivity index (χ4v) is 7.85. The van der Waals surface area contributed by atoms with Crippen LogP contribution >= 0.6 is 0 Å². The topological polar surface area (TPSA) is 38.5 Å². The molecule has 0 fully saturated rings. The van der Waals surface area contributed by atoms with Crippen molar-refractivity contribution in [3.8, 4) is 33.9 Å². The molecule has 11 rings (SSSR count). The third kappa shape index (κ3) is 4.23. The molecule has 0 unspecified atom stereocenters. The number of pyridine rings is 1. The van der Waals surface area contributed by atoms with E-state index in [-0.39, 0.29) is 0 Å². The lowest BCUT2D eigenvalue weighted by molar-refractivity contribution is 0.477. The van der Waals surface area contributed by atoms with Crippen LogP contribution in [-0.2, 0) is 0 Å². The Morgan fingerprint density at radius 2 is 1.10 bits per heavy atom. The molecule has 4 heteroatoms. The summed E-state index contributed by atoms with van der Waals surface area (Å²) >= 11 is 0. The average Bonchev–Trinajstić information content (AvgIpc) is 3.59. The number of hydrogen-bond donors (Lipinski definition) is 0. The first-order valence-electron chi connectivity index (χ1n) is 17.2. The van der Waals surface area contributed by atoms with E-state index in [4.69, 9.17) is 14.1 Å². The van der Waals surface area contributed by atoms with Crippen LogP contribution in [0.25, 0.3) is 76.8 Å². The molecule has 10 aromatic rings. The largest absolute Gasteiger partial charge is 0.455 e. The van der Waals surface area contributed by atoms with Gasteiger partial charge < -0.3 is 14.1 Å². The number of para-hydroxylation sites is 6. The van der Waals surface area contributed by atoms with Crippen molar-refractivity contribution < 1.29 is 9.15 Å². The van der Waals surface area contributed by atoms with Gasteiger partial charge in [0.15, 0.2) is 11.5 Å². The van der Waals surface area contributed by atoms with Gasteiger partial charge in [0, 0.05) is 43.7 Å². The number of furan rings is 1. The van der Waals surface area contributed by atoms with E-state index in [1.165, 1.54) is 10.8 Å². The van der Waals surface area contributed by atoms with Gasteiger partial charge in [-0.1, -0.05) is 115 Å². The SMILES string of the molecule is c1ccc2c(c1)Oc1ccccc1N2c1ccc(-c2cccc3c2oc2c3ccc3c(-c4ccc5ccccc5c4)nc4ccccc4c32)cc1. The molecule has 8 aromatic carbocycles. The minimum atomic E-state index is 0.839. The number of anilines is 3. The van der Waals surface area contributed by atoms with Crippen LogP contribution in [0.3, 0.4) is 0 Å². The monoisotopic (exact) mass is 652 g/mol. The van der Waals surface area contributed by atoms with Crippen molar-refractivity contribution in [1.29, 1.82) is 0 Å². The Morgan fingerprint density at radius 1 is 0.451 bits per heavy atom. The van der Waals surface area contributed by atoms with Crippen LogP contribution in [0.5, 0.6) is 11.5 Å². The smallest absolute Gasteiger partial charge is 0.151 e. The lowest BCUT2D eigenvalue weighted by atomic mass is 9.96. The lowest BCUT2D eigenvalue weighted by Crippen LogP contribution is -2.15. The molecule has 1 aliphatic rings. The van der Waals surface area contributed by atoms with Gasteiger partial charge in [-0.3, -0.25) is 0 Å². The molecule has 0 saturated heterocycles. The van der Waals surface area contributed by atoms with E-state index < -0.39 is 0 Å². The second kappa shape index (κ2) is 10.8. The highest BCUT2D eigenvalue weighted by Gasteiger charge is 2.25. The van der Waals surface area contributed by atoms with Gasteiger partial charge in [-0.05, 0) is 70.9 Å². The zero-order chi connectivity index (χ0) is 33.5. The summed E-state index contributed by atoms with van der Waals surface area (Å²) in [6.45, 7) is 0. The highest BCUT2D eigenvalue weighted by Crippen LogP contribution is 2.50. The van der Waals surface area contributed by atoms with Crippen LogP contribution in [0.4, 0.5) is 17.1 Å². The van der Waals surface area contributed by atoms with Crippen LogP contribution in [0.15, 0.2) is 174 Å². The second-order valence-electron chi connectivity index (χ2n) is 13.1. The molecule has 51 heavy (non-hydrogen) atoms. The second-order valence-corrected chi connectivity index (χ2v) is 13.1. The summed E-state index contributed by atoms with van der Waals surface area (Å²) in [6.07, 6.45) is 0. The Labute approximate surface area is 293 Å². The molecule has 0 radical (unpaired) electrons. The van der Waals surface area contributed by atoms with Gasteiger partial charge >= 0.3 is 0 Å². The summed E-state index contributed by atoms with van der Waals surface area (Å²) in [4.78, 5) is 7.49. The molecule has 238 valence electrons. The molecule has 0 atom stereocenters. The lowest BCUT2D eigenvalue weighted by Gasteiger charge is -2.32. The Kier molecular flexibility index (Phi) is 5.92. The third-order valence-corrected chi connectivity index (χ3v) is 10.2. The minimum Gasteiger partial charge on any atom is -0.455 e. The zero-order valence-electron chi connectivity index (χ0n) is 27.4. The fraction of sp³-hybridized carbons (Fsp3) is 0. The van der Waals surface area contributed by atoms with Gasteiger partial charge in [0.05, 0.1) is 22.6 Å². The summed E-state index contributed by atoms with van der Waals surface area (Å²) in [5.74, 6) is 1.68. The number of rotatable bonds is 3. The van der Waals surface area contributed by atoms with Crippen molar-refractivity contribution in [2.24, 2.45) is 0 Å². The number of ether oxygens (including phenoxy) is 1.